The molecule has 29 heavy (non-hydrogen) atoms. The fraction of sp³-hybridized carbons (Fsp3) is 0.0909. The largest absolute Gasteiger partial charge is 0.325 e. The van der Waals surface area contributed by atoms with Crippen LogP contribution >= 0.6 is 23.4 Å². The Kier molecular flexibility index (Phi) is 6.90. The van der Waals surface area contributed by atoms with Gasteiger partial charge >= 0.3 is 0 Å². The molecule has 0 saturated carbocycles. The first-order valence-electron chi connectivity index (χ1n) is 8.77. The Morgan fingerprint density at radius 3 is 2.38 bits per heavy atom. The second-order valence-electron chi connectivity index (χ2n) is 6.28. The van der Waals surface area contributed by atoms with Gasteiger partial charge in [-0.15, -0.1) is 11.8 Å². The van der Waals surface area contributed by atoms with Crippen molar-refractivity contribution in [3.63, 3.8) is 0 Å². The maximum atomic E-state index is 13.6. The number of anilines is 2. The topological polar surface area (TPSA) is 58.2 Å². The van der Waals surface area contributed by atoms with Gasteiger partial charge in [0.25, 0.3) is 5.91 Å². The van der Waals surface area contributed by atoms with Gasteiger partial charge in [0.1, 0.15) is 5.82 Å². The van der Waals surface area contributed by atoms with Gasteiger partial charge in [-0.1, -0.05) is 41.4 Å². The molecule has 3 aromatic rings. The average molecular weight is 429 g/mol. The number of nitrogens with one attached hydrogen (secondary N) is 2. The highest BCUT2D eigenvalue weighted by molar-refractivity contribution is 8.00. The highest BCUT2D eigenvalue weighted by Crippen LogP contribution is 2.25. The van der Waals surface area contributed by atoms with Crippen molar-refractivity contribution in [2.24, 2.45) is 0 Å². The molecule has 0 fully saturated rings. The number of hydrogen-bond donors (Lipinski definition) is 2. The minimum Gasteiger partial charge on any atom is -0.325 e. The molecule has 0 atom stereocenters. The van der Waals surface area contributed by atoms with Crippen molar-refractivity contribution >= 4 is 46.6 Å². The normalized spacial score (nSPS) is 10.4. The lowest BCUT2D eigenvalue weighted by Crippen LogP contribution is -2.16. The van der Waals surface area contributed by atoms with Crippen LogP contribution in [-0.2, 0) is 4.79 Å². The third kappa shape index (κ3) is 5.82. The van der Waals surface area contributed by atoms with E-state index in [2.05, 4.69) is 10.6 Å². The summed E-state index contributed by atoms with van der Waals surface area (Å²) in [4.78, 5) is 25.5. The standard InChI is InChI=1S/C22H18ClFN2O2S/c1-14-6-8-15(9-7-14)25-21(27)13-29-20-5-3-2-4-17(20)22(28)26-16-10-11-18(23)19(24)12-16/h2-12H,13H2,1H3,(H,25,27)(H,26,28). The number of halogens is 2. The number of thioether (sulfide) groups is 1. The number of carbonyl (C=O) groups is 2. The Morgan fingerprint density at radius 2 is 1.66 bits per heavy atom. The molecule has 3 rings (SSSR count). The summed E-state index contributed by atoms with van der Waals surface area (Å²) < 4.78 is 13.6. The van der Waals surface area contributed by atoms with Gasteiger partial charge in [0.2, 0.25) is 5.91 Å². The second-order valence-corrected chi connectivity index (χ2v) is 7.71. The summed E-state index contributed by atoms with van der Waals surface area (Å²) in [6, 6.07) is 18.5. The molecule has 7 heteroatoms. The summed E-state index contributed by atoms with van der Waals surface area (Å²) >= 11 is 6.92. The number of carbonyl (C=O) groups excluding carboxylic acids is 2. The number of aryl methyl sites for hydroxylation is 1. The number of benzene rings is 3. The van der Waals surface area contributed by atoms with Crippen LogP contribution in [0, 0.1) is 12.7 Å². The summed E-state index contributed by atoms with van der Waals surface area (Å²) in [6.45, 7) is 1.97. The molecule has 4 nitrogen and oxygen atoms in total. The smallest absolute Gasteiger partial charge is 0.256 e. The molecule has 0 aliphatic heterocycles. The lowest BCUT2D eigenvalue weighted by molar-refractivity contribution is -0.113. The van der Waals surface area contributed by atoms with Gasteiger partial charge in [0.05, 0.1) is 16.3 Å². The minimum absolute atomic E-state index is 0.0152. The van der Waals surface area contributed by atoms with Gasteiger partial charge in [-0.3, -0.25) is 9.59 Å². The van der Waals surface area contributed by atoms with Gasteiger partial charge in [0.15, 0.2) is 0 Å². The van der Waals surface area contributed by atoms with Crippen molar-refractivity contribution in [1.82, 2.24) is 0 Å². The van der Waals surface area contributed by atoms with Crippen LogP contribution in [-0.4, -0.2) is 17.6 Å². The molecule has 148 valence electrons. The van der Waals surface area contributed by atoms with E-state index in [4.69, 9.17) is 11.6 Å². The van der Waals surface area contributed by atoms with Crippen LogP contribution < -0.4 is 10.6 Å². The molecule has 2 amide bonds. The molecular formula is C22H18ClFN2O2S. The Morgan fingerprint density at radius 1 is 0.966 bits per heavy atom. The van der Waals surface area contributed by atoms with E-state index >= 15 is 0 Å². The van der Waals surface area contributed by atoms with Crippen molar-refractivity contribution < 1.29 is 14.0 Å². The molecule has 0 heterocycles. The fourth-order valence-electron chi connectivity index (χ4n) is 2.53. The van der Waals surface area contributed by atoms with Crippen LogP contribution in [0.5, 0.6) is 0 Å². The summed E-state index contributed by atoms with van der Waals surface area (Å²) in [7, 11) is 0. The van der Waals surface area contributed by atoms with E-state index < -0.39 is 11.7 Å². The van der Waals surface area contributed by atoms with E-state index in [1.54, 1.807) is 24.3 Å². The maximum Gasteiger partial charge on any atom is 0.256 e. The van der Waals surface area contributed by atoms with Gasteiger partial charge in [0, 0.05) is 16.3 Å². The Hall–Kier alpha value is -2.83. The van der Waals surface area contributed by atoms with Crippen LogP contribution in [0.25, 0.3) is 0 Å². The monoisotopic (exact) mass is 428 g/mol. The highest BCUT2D eigenvalue weighted by Gasteiger charge is 2.14. The van der Waals surface area contributed by atoms with Crippen LogP contribution in [0.3, 0.4) is 0 Å². The predicted octanol–water partition coefficient (Wildman–Crippen LogP) is 5.77. The van der Waals surface area contributed by atoms with Gasteiger partial charge < -0.3 is 10.6 Å². The first kappa shape index (κ1) is 20.9. The number of amides is 2. The van der Waals surface area contributed by atoms with E-state index in [0.29, 0.717) is 16.1 Å². The molecule has 0 aliphatic carbocycles. The fourth-order valence-corrected chi connectivity index (χ4v) is 3.50. The zero-order chi connectivity index (χ0) is 20.8. The van der Waals surface area contributed by atoms with E-state index in [1.807, 2.05) is 31.2 Å². The molecule has 3 aromatic carbocycles. The van der Waals surface area contributed by atoms with E-state index in [-0.39, 0.29) is 16.7 Å². The molecule has 0 spiro atoms. The summed E-state index contributed by atoms with van der Waals surface area (Å²) in [5, 5.41) is 5.46. The van der Waals surface area contributed by atoms with Gasteiger partial charge in [-0.05, 0) is 49.4 Å². The predicted molar refractivity (Wildman–Crippen MR) is 116 cm³/mol. The maximum absolute atomic E-state index is 13.6. The van der Waals surface area contributed by atoms with Crippen molar-refractivity contribution in [1.29, 1.82) is 0 Å². The molecule has 2 N–H and O–H groups in total. The third-order valence-electron chi connectivity index (χ3n) is 4.00. The first-order valence-corrected chi connectivity index (χ1v) is 10.1. The molecule has 0 bridgehead atoms. The van der Waals surface area contributed by atoms with Crippen LogP contribution in [0.4, 0.5) is 15.8 Å². The molecule has 0 radical (unpaired) electrons. The summed E-state index contributed by atoms with van der Waals surface area (Å²) in [5.41, 5.74) is 2.53. The molecule has 0 aliphatic rings. The average Bonchev–Trinajstić information content (AvgIpc) is 2.71. The summed E-state index contributed by atoms with van der Waals surface area (Å²) in [6.07, 6.45) is 0. The Bertz CT molecular complexity index is 1040. The van der Waals surface area contributed by atoms with Crippen LogP contribution in [0.15, 0.2) is 71.6 Å². The van der Waals surface area contributed by atoms with Crippen LogP contribution in [0.2, 0.25) is 5.02 Å². The quantitative estimate of drug-likeness (QED) is 0.490. The molecule has 0 unspecified atom stereocenters. The Balaban J connectivity index is 1.64. The van der Waals surface area contributed by atoms with E-state index in [1.165, 1.54) is 23.9 Å². The molecular weight excluding hydrogens is 411 g/mol. The van der Waals surface area contributed by atoms with E-state index in [9.17, 15) is 14.0 Å². The first-order chi connectivity index (χ1) is 13.9. The van der Waals surface area contributed by atoms with Crippen molar-refractivity contribution in [2.45, 2.75) is 11.8 Å². The minimum atomic E-state index is -0.611. The molecule has 0 saturated heterocycles. The zero-order valence-electron chi connectivity index (χ0n) is 15.5. The second kappa shape index (κ2) is 9.58. The Labute approximate surface area is 177 Å². The van der Waals surface area contributed by atoms with Gasteiger partial charge in [-0.2, -0.15) is 0 Å². The highest BCUT2D eigenvalue weighted by atomic mass is 35.5. The zero-order valence-corrected chi connectivity index (χ0v) is 17.1. The molecule has 0 aromatic heterocycles. The van der Waals surface area contributed by atoms with Crippen molar-refractivity contribution in [3.8, 4) is 0 Å². The van der Waals surface area contributed by atoms with Crippen LogP contribution in [0.1, 0.15) is 15.9 Å². The third-order valence-corrected chi connectivity index (χ3v) is 5.38. The van der Waals surface area contributed by atoms with Crippen molar-refractivity contribution in [2.75, 3.05) is 16.4 Å². The lowest BCUT2D eigenvalue weighted by atomic mass is 10.2. The lowest BCUT2D eigenvalue weighted by Gasteiger charge is -2.11. The number of hydrogen-bond acceptors (Lipinski definition) is 3. The van der Waals surface area contributed by atoms with Gasteiger partial charge in [-0.25, -0.2) is 4.39 Å². The van der Waals surface area contributed by atoms with Crippen molar-refractivity contribution in [3.05, 3.63) is 88.7 Å². The summed E-state index contributed by atoms with van der Waals surface area (Å²) in [5.74, 6) is -1.03. The van der Waals surface area contributed by atoms with E-state index in [0.717, 1.165) is 17.3 Å². The number of rotatable bonds is 6. The SMILES string of the molecule is Cc1ccc(NC(=O)CSc2ccccc2C(=O)Nc2ccc(Cl)c(F)c2)cc1.